The Hall–Kier alpha value is -1.53. The van der Waals surface area contributed by atoms with Crippen LogP contribution in [0, 0.1) is 0 Å². The highest BCUT2D eigenvalue weighted by Crippen LogP contribution is 2.36. The first-order valence-corrected chi connectivity index (χ1v) is 9.64. The SMILES string of the molecule is O=C(NC1CCC2(CC1)OCCO2)N1CCCCCC1c1ccco1. The molecule has 1 atom stereocenters. The molecule has 1 aromatic heterocycles. The Kier molecular flexibility index (Phi) is 4.99. The van der Waals surface area contributed by atoms with Crippen LogP contribution in [0.15, 0.2) is 22.8 Å². The summed E-state index contributed by atoms with van der Waals surface area (Å²) in [6.07, 6.45) is 9.56. The smallest absolute Gasteiger partial charge is 0.318 e. The molecule has 1 saturated carbocycles. The zero-order chi connectivity index (χ0) is 17.1. The molecule has 1 unspecified atom stereocenters. The molecular formula is C19H28N2O4. The first kappa shape index (κ1) is 16.9. The second-order valence-corrected chi connectivity index (χ2v) is 7.41. The van der Waals surface area contributed by atoms with E-state index in [-0.39, 0.29) is 23.9 Å². The van der Waals surface area contributed by atoms with E-state index >= 15 is 0 Å². The highest BCUT2D eigenvalue weighted by Gasteiger charge is 2.41. The summed E-state index contributed by atoms with van der Waals surface area (Å²) in [4.78, 5) is 14.9. The number of urea groups is 1. The van der Waals surface area contributed by atoms with Crippen molar-refractivity contribution >= 4 is 6.03 Å². The zero-order valence-corrected chi connectivity index (χ0v) is 14.7. The largest absolute Gasteiger partial charge is 0.467 e. The first-order chi connectivity index (χ1) is 12.3. The third-order valence-electron chi connectivity index (χ3n) is 5.77. The fourth-order valence-corrected chi connectivity index (χ4v) is 4.37. The molecule has 6 heteroatoms. The number of ether oxygens (including phenoxy) is 2. The van der Waals surface area contributed by atoms with Gasteiger partial charge in [0.1, 0.15) is 5.76 Å². The van der Waals surface area contributed by atoms with Crippen molar-refractivity contribution in [2.24, 2.45) is 0 Å². The number of hydrogen-bond donors (Lipinski definition) is 1. The normalized spacial score (nSPS) is 27.4. The van der Waals surface area contributed by atoms with Gasteiger partial charge in [0.2, 0.25) is 0 Å². The highest BCUT2D eigenvalue weighted by molar-refractivity contribution is 5.75. The standard InChI is InChI=1S/C19H28N2O4/c22-18(20-15-7-9-19(10-8-15)24-13-14-25-19)21-11-3-1-2-5-16(21)17-6-4-12-23-17/h4,6,12,15-16H,1-3,5,7-11,13-14H2,(H,20,22). The van der Waals surface area contributed by atoms with E-state index in [1.165, 1.54) is 6.42 Å². The van der Waals surface area contributed by atoms with Gasteiger partial charge in [-0.15, -0.1) is 0 Å². The van der Waals surface area contributed by atoms with Gasteiger partial charge in [0.25, 0.3) is 0 Å². The minimum Gasteiger partial charge on any atom is -0.467 e. The molecule has 2 amide bonds. The van der Waals surface area contributed by atoms with Crippen LogP contribution in [0.3, 0.4) is 0 Å². The van der Waals surface area contributed by atoms with Gasteiger partial charge >= 0.3 is 6.03 Å². The van der Waals surface area contributed by atoms with Crippen molar-refractivity contribution in [2.45, 2.75) is 69.2 Å². The van der Waals surface area contributed by atoms with Crippen molar-refractivity contribution in [3.8, 4) is 0 Å². The third-order valence-corrected chi connectivity index (χ3v) is 5.77. The van der Waals surface area contributed by atoms with Crippen LogP contribution in [-0.4, -0.2) is 42.5 Å². The molecule has 0 aromatic carbocycles. The molecule has 3 fully saturated rings. The predicted molar refractivity (Wildman–Crippen MR) is 92.0 cm³/mol. The van der Waals surface area contributed by atoms with Gasteiger partial charge in [-0.3, -0.25) is 0 Å². The van der Waals surface area contributed by atoms with Gasteiger partial charge in [-0.2, -0.15) is 0 Å². The van der Waals surface area contributed by atoms with Gasteiger partial charge in [-0.05, 0) is 37.8 Å². The molecule has 2 aliphatic heterocycles. The maximum Gasteiger partial charge on any atom is 0.318 e. The van der Waals surface area contributed by atoms with Gasteiger partial charge < -0.3 is 24.1 Å². The average molecular weight is 348 g/mol. The minimum atomic E-state index is -0.374. The fourth-order valence-electron chi connectivity index (χ4n) is 4.37. The Morgan fingerprint density at radius 1 is 1.12 bits per heavy atom. The number of amides is 2. The second-order valence-electron chi connectivity index (χ2n) is 7.41. The number of furan rings is 1. The van der Waals surface area contributed by atoms with Gasteiger partial charge in [-0.25, -0.2) is 4.79 Å². The zero-order valence-electron chi connectivity index (χ0n) is 14.7. The topological polar surface area (TPSA) is 63.9 Å². The summed E-state index contributed by atoms with van der Waals surface area (Å²) in [5, 5.41) is 3.25. The van der Waals surface area contributed by atoms with E-state index < -0.39 is 0 Å². The molecule has 0 bridgehead atoms. The van der Waals surface area contributed by atoms with Crippen LogP contribution in [-0.2, 0) is 9.47 Å². The van der Waals surface area contributed by atoms with Crippen molar-refractivity contribution in [1.82, 2.24) is 10.2 Å². The van der Waals surface area contributed by atoms with Crippen molar-refractivity contribution in [2.75, 3.05) is 19.8 Å². The Morgan fingerprint density at radius 3 is 2.64 bits per heavy atom. The van der Waals surface area contributed by atoms with Crippen LogP contribution < -0.4 is 5.32 Å². The quantitative estimate of drug-likeness (QED) is 0.887. The number of carbonyl (C=O) groups is 1. The number of rotatable bonds is 2. The van der Waals surface area contributed by atoms with Gasteiger partial charge in [-0.1, -0.05) is 12.8 Å². The lowest BCUT2D eigenvalue weighted by molar-refractivity contribution is -0.179. The van der Waals surface area contributed by atoms with E-state index in [2.05, 4.69) is 5.32 Å². The molecule has 6 nitrogen and oxygen atoms in total. The monoisotopic (exact) mass is 348 g/mol. The van der Waals surface area contributed by atoms with Gasteiger partial charge in [0, 0.05) is 25.4 Å². The summed E-state index contributed by atoms with van der Waals surface area (Å²) in [5.41, 5.74) is 0. The molecule has 0 radical (unpaired) electrons. The highest BCUT2D eigenvalue weighted by atomic mass is 16.7. The molecule has 1 N–H and O–H groups in total. The van der Waals surface area contributed by atoms with E-state index in [1.807, 2.05) is 17.0 Å². The first-order valence-electron chi connectivity index (χ1n) is 9.64. The number of nitrogens with one attached hydrogen (secondary N) is 1. The van der Waals surface area contributed by atoms with E-state index in [4.69, 9.17) is 13.9 Å². The summed E-state index contributed by atoms with van der Waals surface area (Å²) in [6, 6.07) is 4.17. The Bertz CT molecular complexity index is 558. The van der Waals surface area contributed by atoms with E-state index in [1.54, 1.807) is 6.26 Å². The lowest BCUT2D eigenvalue weighted by Crippen LogP contribution is -2.49. The summed E-state index contributed by atoms with van der Waals surface area (Å²) < 4.78 is 17.2. The molecule has 1 aromatic rings. The van der Waals surface area contributed by atoms with Gasteiger partial charge in [0.05, 0.1) is 25.5 Å². The van der Waals surface area contributed by atoms with E-state index in [0.29, 0.717) is 13.2 Å². The summed E-state index contributed by atoms with van der Waals surface area (Å²) >= 11 is 0. The lowest BCUT2D eigenvalue weighted by Gasteiger charge is -2.37. The number of nitrogens with zero attached hydrogens (tertiary/aromatic N) is 1. The molecule has 1 spiro atoms. The maximum atomic E-state index is 12.9. The Labute approximate surface area is 148 Å². The molecule has 4 rings (SSSR count). The molecule has 138 valence electrons. The van der Waals surface area contributed by atoms with Crippen molar-refractivity contribution in [3.63, 3.8) is 0 Å². The minimum absolute atomic E-state index is 0.0394. The maximum absolute atomic E-state index is 12.9. The lowest BCUT2D eigenvalue weighted by atomic mass is 9.90. The fraction of sp³-hybridized carbons (Fsp3) is 0.737. The summed E-state index contributed by atoms with van der Waals surface area (Å²) in [6.45, 7) is 2.17. The summed E-state index contributed by atoms with van der Waals surface area (Å²) in [7, 11) is 0. The Morgan fingerprint density at radius 2 is 1.92 bits per heavy atom. The van der Waals surface area contributed by atoms with Crippen LogP contribution in [0.4, 0.5) is 4.79 Å². The average Bonchev–Trinajstić information content (AvgIpc) is 3.25. The molecular weight excluding hydrogens is 320 g/mol. The number of carbonyl (C=O) groups excluding carboxylic acids is 1. The van der Waals surface area contributed by atoms with Crippen molar-refractivity contribution in [3.05, 3.63) is 24.2 Å². The van der Waals surface area contributed by atoms with Crippen LogP contribution in [0.1, 0.15) is 63.2 Å². The van der Waals surface area contributed by atoms with E-state index in [9.17, 15) is 4.79 Å². The van der Waals surface area contributed by atoms with Crippen LogP contribution in [0.5, 0.6) is 0 Å². The Balaban J connectivity index is 1.37. The van der Waals surface area contributed by atoms with Crippen molar-refractivity contribution < 1.29 is 18.7 Å². The molecule has 2 saturated heterocycles. The molecule has 25 heavy (non-hydrogen) atoms. The second kappa shape index (κ2) is 7.38. The summed E-state index contributed by atoms with van der Waals surface area (Å²) in [5.74, 6) is 0.521. The van der Waals surface area contributed by atoms with E-state index in [0.717, 1.165) is 57.3 Å². The van der Waals surface area contributed by atoms with Crippen LogP contribution >= 0.6 is 0 Å². The molecule has 1 aliphatic carbocycles. The number of hydrogen-bond acceptors (Lipinski definition) is 4. The van der Waals surface area contributed by atoms with Gasteiger partial charge in [0.15, 0.2) is 5.79 Å². The van der Waals surface area contributed by atoms with Crippen LogP contribution in [0.2, 0.25) is 0 Å². The number of likely N-dealkylation sites (tertiary alicyclic amines) is 1. The molecule has 3 aliphatic rings. The van der Waals surface area contributed by atoms with Crippen LogP contribution in [0.25, 0.3) is 0 Å². The third kappa shape index (κ3) is 3.70. The molecule has 3 heterocycles. The predicted octanol–water partition coefficient (Wildman–Crippen LogP) is 3.59. The van der Waals surface area contributed by atoms with Crippen molar-refractivity contribution in [1.29, 1.82) is 0 Å².